The molecular formula is C17H17ClF3NO3. The van der Waals surface area contributed by atoms with Crippen molar-refractivity contribution >= 4 is 29.6 Å². The largest absolute Gasteiger partial charge is 0.452 e. The summed E-state index contributed by atoms with van der Waals surface area (Å²) in [7, 11) is 0. The van der Waals surface area contributed by atoms with E-state index in [2.05, 4.69) is 5.32 Å². The van der Waals surface area contributed by atoms with E-state index in [-0.39, 0.29) is 11.6 Å². The summed E-state index contributed by atoms with van der Waals surface area (Å²) < 4.78 is 43.0. The van der Waals surface area contributed by atoms with Crippen LogP contribution in [0.4, 0.5) is 13.2 Å². The van der Waals surface area contributed by atoms with Crippen LogP contribution in [-0.2, 0) is 20.5 Å². The molecule has 0 saturated heterocycles. The molecule has 0 heterocycles. The van der Waals surface area contributed by atoms with Crippen molar-refractivity contribution in [1.29, 1.82) is 0 Å². The number of amides is 1. The second kappa shape index (κ2) is 7.91. The number of ether oxygens (including phenoxy) is 1. The minimum atomic E-state index is -4.59. The topological polar surface area (TPSA) is 55.4 Å². The maximum atomic E-state index is 12.8. The molecule has 0 aromatic heterocycles. The Bertz CT molecular complexity index is 684. The number of halogens is 4. The first-order valence-electron chi connectivity index (χ1n) is 7.68. The molecule has 2 rings (SSSR count). The van der Waals surface area contributed by atoms with Gasteiger partial charge in [0, 0.05) is 12.1 Å². The lowest BCUT2D eigenvalue weighted by molar-refractivity contribution is -0.144. The maximum Gasteiger partial charge on any atom is 0.417 e. The van der Waals surface area contributed by atoms with Gasteiger partial charge in [0.05, 0.1) is 10.6 Å². The lowest BCUT2D eigenvalue weighted by Gasteiger charge is -2.12. The van der Waals surface area contributed by atoms with Crippen LogP contribution < -0.4 is 5.32 Å². The van der Waals surface area contributed by atoms with Gasteiger partial charge in [-0.3, -0.25) is 4.79 Å². The van der Waals surface area contributed by atoms with Crippen molar-refractivity contribution in [2.45, 2.75) is 32.0 Å². The quantitative estimate of drug-likeness (QED) is 0.607. The number of carbonyl (C=O) groups is 2. The first-order valence-corrected chi connectivity index (χ1v) is 8.05. The summed E-state index contributed by atoms with van der Waals surface area (Å²) in [4.78, 5) is 23.2. The average Bonchev–Trinajstić information content (AvgIpc) is 3.35. The highest BCUT2D eigenvalue weighted by Crippen LogP contribution is 2.35. The summed E-state index contributed by atoms with van der Waals surface area (Å²) in [6.45, 7) is 1.45. The SMILES string of the molecule is C[C@H](NC(=O)COC(=O)/C=C/c1ccc(Cl)c(C(F)(F)F)c1)C1CC1. The zero-order chi connectivity index (χ0) is 18.6. The van der Waals surface area contributed by atoms with E-state index >= 15 is 0 Å². The van der Waals surface area contributed by atoms with E-state index < -0.39 is 35.2 Å². The van der Waals surface area contributed by atoms with E-state index in [1.165, 1.54) is 12.1 Å². The molecule has 4 nitrogen and oxygen atoms in total. The van der Waals surface area contributed by atoms with Gasteiger partial charge >= 0.3 is 12.1 Å². The van der Waals surface area contributed by atoms with Crippen molar-refractivity contribution in [1.82, 2.24) is 5.32 Å². The van der Waals surface area contributed by atoms with Crippen LogP contribution in [-0.4, -0.2) is 24.5 Å². The van der Waals surface area contributed by atoms with Crippen molar-refractivity contribution < 1.29 is 27.5 Å². The Morgan fingerprint density at radius 1 is 1.40 bits per heavy atom. The molecule has 8 heteroatoms. The minimum Gasteiger partial charge on any atom is -0.452 e. The van der Waals surface area contributed by atoms with E-state index in [9.17, 15) is 22.8 Å². The number of hydrogen-bond donors (Lipinski definition) is 1. The Labute approximate surface area is 148 Å². The second-order valence-electron chi connectivity index (χ2n) is 5.87. The number of carbonyl (C=O) groups excluding carboxylic acids is 2. The standard InChI is InChI=1S/C17H17ClF3NO3/c1-10(12-4-5-12)22-15(23)9-25-16(24)7-3-11-2-6-14(18)13(8-11)17(19,20)21/h2-3,6-8,10,12H,4-5,9H2,1H3,(H,22,23)/b7-3+/t10-/m0/s1. The van der Waals surface area contributed by atoms with Gasteiger partial charge in [0.2, 0.25) is 0 Å². The van der Waals surface area contributed by atoms with Gasteiger partial charge in [-0.2, -0.15) is 13.2 Å². The summed E-state index contributed by atoms with van der Waals surface area (Å²) >= 11 is 5.52. The molecule has 1 saturated carbocycles. The van der Waals surface area contributed by atoms with Crippen LogP contribution in [0.15, 0.2) is 24.3 Å². The Morgan fingerprint density at radius 2 is 2.08 bits per heavy atom. The van der Waals surface area contributed by atoms with Crippen LogP contribution in [0.3, 0.4) is 0 Å². The third kappa shape index (κ3) is 6.08. The van der Waals surface area contributed by atoms with Gasteiger partial charge in [-0.1, -0.05) is 17.7 Å². The van der Waals surface area contributed by atoms with Gasteiger partial charge in [0.1, 0.15) is 0 Å². The van der Waals surface area contributed by atoms with Crippen LogP contribution in [0.1, 0.15) is 30.9 Å². The van der Waals surface area contributed by atoms with Gasteiger partial charge < -0.3 is 10.1 Å². The van der Waals surface area contributed by atoms with Crippen molar-refractivity contribution in [2.75, 3.05) is 6.61 Å². The number of benzene rings is 1. The molecule has 0 radical (unpaired) electrons. The summed E-state index contributed by atoms with van der Waals surface area (Å²) in [5, 5.41) is 2.30. The number of nitrogens with one attached hydrogen (secondary N) is 1. The first-order chi connectivity index (χ1) is 11.7. The van der Waals surface area contributed by atoms with Gasteiger partial charge in [0.15, 0.2) is 6.61 Å². The maximum absolute atomic E-state index is 12.8. The van der Waals surface area contributed by atoms with Crippen molar-refractivity contribution in [2.24, 2.45) is 5.92 Å². The number of alkyl halides is 3. The lowest BCUT2D eigenvalue weighted by Crippen LogP contribution is -2.36. The Balaban J connectivity index is 1.86. The van der Waals surface area contributed by atoms with E-state index in [4.69, 9.17) is 16.3 Å². The van der Waals surface area contributed by atoms with Gasteiger partial charge in [-0.25, -0.2) is 4.79 Å². The average molecular weight is 376 g/mol. The van der Waals surface area contributed by atoms with Crippen LogP contribution in [0.5, 0.6) is 0 Å². The van der Waals surface area contributed by atoms with Gasteiger partial charge in [-0.15, -0.1) is 0 Å². The van der Waals surface area contributed by atoms with Crippen molar-refractivity contribution in [3.63, 3.8) is 0 Å². The zero-order valence-electron chi connectivity index (χ0n) is 13.4. The highest BCUT2D eigenvalue weighted by molar-refractivity contribution is 6.31. The summed E-state index contributed by atoms with van der Waals surface area (Å²) in [6, 6.07) is 3.31. The number of rotatable bonds is 6. The molecule has 0 unspecified atom stereocenters. The van der Waals surface area contributed by atoms with Crippen molar-refractivity contribution in [3.8, 4) is 0 Å². The van der Waals surface area contributed by atoms with E-state index in [1.54, 1.807) is 0 Å². The van der Waals surface area contributed by atoms with Crippen LogP contribution in [0, 0.1) is 5.92 Å². The smallest absolute Gasteiger partial charge is 0.417 e. The normalized spacial score (nSPS) is 15.9. The first kappa shape index (κ1) is 19.3. The van der Waals surface area contributed by atoms with Crippen molar-refractivity contribution in [3.05, 3.63) is 40.4 Å². The zero-order valence-corrected chi connectivity index (χ0v) is 14.2. The summed E-state index contributed by atoms with van der Waals surface area (Å²) in [5.74, 6) is -0.753. The third-order valence-electron chi connectivity index (χ3n) is 3.77. The predicted molar refractivity (Wildman–Crippen MR) is 86.8 cm³/mol. The molecule has 0 aliphatic heterocycles. The molecule has 1 N–H and O–H groups in total. The molecule has 0 spiro atoms. The molecule has 136 valence electrons. The predicted octanol–water partition coefficient (Wildman–Crippen LogP) is 3.83. The van der Waals surface area contributed by atoms with E-state index in [0.29, 0.717) is 5.92 Å². The molecule has 1 atom stereocenters. The molecule has 1 aromatic rings. The molecule has 1 amide bonds. The molecule has 1 aliphatic rings. The van der Waals surface area contributed by atoms with Crippen LogP contribution in [0.2, 0.25) is 5.02 Å². The third-order valence-corrected chi connectivity index (χ3v) is 4.10. The number of esters is 1. The van der Waals surface area contributed by atoms with E-state index in [1.807, 2.05) is 6.92 Å². The Hall–Kier alpha value is -2.02. The molecule has 1 aliphatic carbocycles. The van der Waals surface area contributed by atoms with E-state index in [0.717, 1.165) is 31.1 Å². The molecule has 25 heavy (non-hydrogen) atoms. The van der Waals surface area contributed by atoms with Gasteiger partial charge in [0.25, 0.3) is 5.91 Å². The fourth-order valence-corrected chi connectivity index (χ4v) is 2.45. The second-order valence-corrected chi connectivity index (χ2v) is 6.28. The summed E-state index contributed by atoms with van der Waals surface area (Å²) in [6.07, 6.45) is -0.312. The highest BCUT2D eigenvalue weighted by atomic mass is 35.5. The summed E-state index contributed by atoms with van der Waals surface area (Å²) in [5.41, 5.74) is -0.849. The Kier molecular flexibility index (Phi) is 6.11. The fourth-order valence-electron chi connectivity index (χ4n) is 2.22. The molecular weight excluding hydrogens is 359 g/mol. The highest BCUT2D eigenvalue weighted by Gasteiger charge is 2.33. The number of hydrogen-bond acceptors (Lipinski definition) is 3. The minimum absolute atomic E-state index is 0.0385. The monoisotopic (exact) mass is 375 g/mol. The van der Waals surface area contributed by atoms with Crippen LogP contribution in [0.25, 0.3) is 6.08 Å². The lowest BCUT2D eigenvalue weighted by atomic mass is 10.1. The van der Waals surface area contributed by atoms with Crippen LogP contribution >= 0.6 is 11.6 Å². The van der Waals surface area contributed by atoms with Gasteiger partial charge in [-0.05, 0) is 49.5 Å². The molecule has 1 fully saturated rings. The molecule has 1 aromatic carbocycles. The molecule has 0 bridgehead atoms. The Morgan fingerprint density at radius 3 is 2.68 bits per heavy atom. The fraction of sp³-hybridized carbons (Fsp3) is 0.412.